The number of halogens is 3. The van der Waals surface area contributed by atoms with Gasteiger partial charge in [-0.15, -0.1) is 0 Å². The van der Waals surface area contributed by atoms with Crippen molar-refractivity contribution in [1.29, 1.82) is 0 Å². The number of hydrogen-bond donors (Lipinski definition) is 1. The second-order valence-electron chi connectivity index (χ2n) is 5.85. The van der Waals surface area contributed by atoms with E-state index in [4.69, 9.17) is 0 Å². The Morgan fingerprint density at radius 1 is 1.28 bits per heavy atom. The molecule has 0 saturated carbocycles. The van der Waals surface area contributed by atoms with Crippen molar-refractivity contribution in [3.05, 3.63) is 47.0 Å². The first kappa shape index (κ1) is 17.5. The van der Waals surface area contributed by atoms with E-state index in [1.54, 1.807) is 6.92 Å². The molecule has 1 aromatic carbocycles. The van der Waals surface area contributed by atoms with Gasteiger partial charge in [0.05, 0.1) is 23.2 Å². The van der Waals surface area contributed by atoms with Crippen molar-refractivity contribution in [3.63, 3.8) is 0 Å². The Hall–Kier alpha value is -2.36. The van der Waals surface area contributed by atoms with Crippen LogP contribution in [0.3, 0.4) is 0 Å². The van der Waals surface area contributed by atoms with E-state index in [1.807, 2.05) is 0 Å². The molecule has 1 saturated heterocycles. The predicted molar refractivity (Wildman–Crippen MR) is 83.5 cm³/mol. The number of amides is 1. The van der Waals surface area contributed by atoms with Gasteiger partial charge in [-0.2, -0.15) is 5.10 Å². The van der Waals surface area contributed by atoms with E-state index in [0.717, 1.165) is 6.07 Å². The third kappa shape index (κ3) is 3.39. The smallest absolute Gasteiger partial charge is 0.276 e. The summed E-state index contributed by atoms with van der Waals surface area (Å²) in [5, 5.41) is 6.20. The summed E-state index contributed by atoms with van der Waals surface area (Å²) < 4.78 is 64.4. The topological polar surface area (TPSA) is 81.1 Å². The van der Waals surface area contributed by atoms with Gasteiger partial charge in [-0.25, -0.2) is 21.6 Å². The van der Waals surface area contributed by atoms with Gasteiger partial charge in [0, 0.05) is 5.69 Å². The van der Waals surface area contributed by atoms with E-state index in [2.05, 4.69) is 10.4 Å². The number of anilines is 1. The average molecular weight is 373 g/mol. The molecule has 1 aliphatic rings. The molecule has 1 atom stereocenters. The van der Waals surface area contributed by atoms with Crippen molar-refractivity contribution in [1.82, 2.24) is 9.78 Å². The van der Waals surface area contributed by atoms with E-state index in [9.17, 15) is 26.4 Å². The lowest BCUT2D eigenvalue weighted by Crippen LogP contribution is -2.17. The molecular weight excluding hydrogens is 359 g/mol. The number of nitrogens with zero attached hydrogens (tertiary/aromatic N) is 2. The zero-order chi connectivity index (χ0) is 18.4. The van der Waals surface area contributed by atoms with Crippen LogP contribution in [0.4, 0.5) is 18.9 Å². The van der Waals surface area contributed by atoms with Crippen LogP contribution in [-0.4, -0.2) is 35.6 Å². The highest BCUT2D eigenvalue weighted by Gasteiger charge is 2.31. The first-order valence-electron chi connectivity index (χ1n) is 7.39. The number of carbonyl (C=O) groups is 1. The van der Waals surface area contributed by atoms with E-state index in [-0.39, 0.29) is 23.2 Å². The standard InChI is InChI=1S/C15H14F3N3O3S/c1-8-6-12(20-21(8)9-4-5-25(23,24)7-9)15(22)19-11-3-2-10(16)13(17)14(11)18/h2-3,6,9H,4-5,7H2,1H3,(H,19,22). The molecule has 1 N–H and O–H groups in total. The Morgan fingerprint density at radius 3 is 2.64 bits per heavy atom. The van der Waals surface area contributed by atoms with Gasteiger partial charge in [0.1, 0.15) is 0 Å². The van der Waals surface area contributed by atoms with Crippen LogP contribution in [0.1, 0.15) is 28.6 Å². The zero-order valence-electron chi connectivity index (χ0n) is 13.1. The first-order valence-corrected chi connectivity index (χ1v) is 9.21. The predicted octanol–water partition coefficient (Wildman–Crippen LogP) is 2.22. The van der Waals surface area contributed by atoms with E-state index in [1.165, 1.54) is 10.7 Å². The quantitative estimate of drug-likeness (QED) is 0.837. The number of aromatic nitrogens is 2. The molecule has 0 aliphatic carbocycles. The van der Waals surface area contributed by atoms with Crippen LogP contribution >= 0.6 is 0 Å². The fourth-order valence-electron chi connectivity index (χ4n) is 2.75. The lowest BCUT2D eigenvalue weighted by atomic mass is 10.2. The maximum Gasteiger partial charge on any atom is 0.276 e. The van der Waals surface area contributed by atoms with E-state index in [0.29, 0.717) is 18.2 Å². The summed E-state index contributed by atoms with van der Waals surface area (Å²) in [5.74, 6) is -5.37. The average Bonchev–Trinajstić information content (AvgIpc) is 3.10. The summed E-state index contributed by atoms with van der Waals surface area (Å²) in [5.41, 5.74) is -0.0245. The van der Waals surface area contributed by atoms with Crippen molar-refractivity contribution >= 4 is 21.4 Å². The van der Waals surface area contributed by atoms with Gasteiger partial charge in [-0.05, 0) is 31.5 Å². The number of benzene rings is 1. The second kappa shape index (κ2) is 6.17. The van der Waals surface area contributed by atoms with Gasteiger partial charge < -0.3 is 5.32 Å². The molecule has 3 rings (SSSR count). The molecule has 25 heavy (non-hydrogen) atoms. The monoisotopic (exact) mass is 373 g/mol. The number of rotatable bonds is 3. The molecular formula is C15H14F3N3O3S. The number of aryl methyl sites for hydroxylation is 1. The summed E-state index contributed by atoms with van der Waals surface area (Å²) in [6.45, 7) is 1.66. The van der Waals surface area contributed by atoms with Crippen LogP contribution in [0.15, 0.2) is 18.2 Å². The lowest BCUT2D eigenvalue weighted by molar-refractivity contribution is 0.102. The molecule has 2 heterocycles. The largest absolute Gasteiger partial charge is 0.318 e. The number of carbonyl (C=O) groups excluding carboxylic acids is 1. The van der Waals surface area contributed by atoms with Gasteiger partial charge in [0.2, 0.25) is 0 Å². The second-order valence-corrected chi connectivity index (χ2v) is 8.08. The van der Waals surface area contributed by atoms with Gasteiger partial charge in [-0.3, -0.25) is 9.48 Å². The van der Waals surface area contributed by atoms with Gasteiger partial charge in [-0.1, -0.05) is 0 Å². The van der Waals surface area contributed by atoms with Crippen molar-refractivity contribution in [2.45, 2.75) is 19.4 Å². The Kier molecular flexibility index (Phi) is 4.31. The molecule has 1 unspecified atom stereocenters. The zero-order valence-corrected chi connectivity index (χ0v) is 13.9. The maximum absolute atomic E-state index is 13.6. The summed E-state index contributed by atoms with van der Waals surface area (Å²) in [6.07, 6.45) is 0.393. The molecule has 134 valence electrons. The van der Waals surface area contributed by atoms with E-state index < -0.39 is 38.9 Å². The number of nitrogens with one attached hydrogen (secondary N) is 1. The highest BCUT2D eigenvalue weighted by molar-refractivity contribution is 7.91. The molecule has 10 heteroatoms. The van der Waals surface area contributed by atoms with E-state index >= 15 is 0 Å². The molecule has 1 aromatic heterocycles. The lowest BCUT2D eigenvalue weighted by Gasteiger charge is -2.10. The molecule has 1 amide bonds. The Bertz CT molecular complexity index is 956. The summed E-state index contributed by atoms with van der Waals surface area (Å²) in [4.78, 5) is 12.2. The van der Waals surface area contributed by atoms with Crippen molar-refractivity contribution in [2.24, 2.45) is 0 Å². The highest BCUT2D eigenvalue weighted by atomic mass is 32.2. The minimum Gasteiger partial charge on any atom is -0.318 e. The van der Waals surface area contributed by atoms with Crippen molar-refractivity contribution in [3.8, 4) is 0 Å². The fraction of sp³-hybridized carbons (Fsp3) is 0.333. The normalized spacial score (nSPS) is 19.1. The van der Waals surface area contributed by atoms with Crippen LogP contribution in [0.25, 0.3) is 0 Å². The molecule has 0 spiro atoms. The summed E-state index contributed by atoms with van der Waals surface area (Å²) in [7, 11) is -3.12. The summed E-state index contributed by atoms with van der Waals surface area (Å²) >= 11 is 0. The highest BCUT2D eigenvalue weighted by Crippen LogP contribution is 2.25. The molecule has 2 aromatic rings. The third-order valence-corrected chi connectivity index (χ3v) is 5.74. The Morgan fingerprint density at radius 2 is 2.00 bits per heavy atom. The van der Waals surface area contributed by atoms with Crippen LogP contribution in [0, 0.1) is 24.4 Å². The van der Waals surface area contributed by atoms with Crippen molar-refractivity contribution < 1.29 is 26.4 Å². The Balaban J connectivity index is 1.82. The molecule has 0 radical (unpaired) electrons. The van der Waals surface area contributed by atoms with Gasteiger partial charge in [0.15, 0.2) is 33.0 Å². The molecule has 6 nitrogen and oxygen atoms in total. The minimum absolute atomic E-state index is 0.0541. The van der Waals surface area contributed by atoms with Crippen molar-refractivity contribution in [2.75, 3.05) is 16.8 Å². The van der Waals surface area contributed by atoms with Crippen LogP contribution in [0.5, 0.6) is 0 Å². The maximum atomic E-state index is 13.6. The van der Waals surface area contributed by atoms with Gasteiger partial charge >= 0.3 is 0 Å². The molecule has 1 aliphatic heterocycles. The third-order valence-electron chi connectivity index (χ3n) is 3.99. The fourth-order valence-corrected chi connectivity index (χ4v) is 4.44. The summed E-state index contributed by atoms with van der Waals surface area (Å²) in [6, 6.07) is 2.64. The van der Waals surface area contributed by atoms with Crippen LogP contribution in [-0.2, 0) is 9.84 Å². The van der Waals surface area contributed by atoms with Gasteiger partial charge in [0.25, 0.3) is 5.91 Å². The Labute approximate surface area is 141 Å². The van der Waals surface area contributed by atoms with Crippen LogP contribution in [0.2, 0.25) is 0 Å². The molecule has 0 bridgehead atoms. The minimum atomic E-state index is -3.12. The van der Waals surface area contributed by atoms with Crippen LogP contribution < -0.4 is 5.32 Å². The number of sulfone groups is 1. The number of hydrogen-bond acceptors (Lipinski definition) is 4. The molecule has 1 fully saturated rings. The first-order chi connectivity index (χ1) is 11.7. The SMILES string of the molecule is Cc1cc(C(=O)Nc2ccc(F)c(F)c2F)nn1C1CCS(=O)(=O)C1.